The van der Waals surface area contributed by atoms with E-state index < -0.39 is 0 Å². The number of anilines is 1. The summed E-state index contributed by atoms with van der Waals surface area (Å²) in [6.07, 6.45) is 3.43. The Morgan fingerprint density at radius 1 is 1.36 bits per heavy atom. The summed E-state index contributed by atoms with van der Waals surface area (Å²) < 4.78 is 4.76. The number of hydrogen-bond donors (Lipinski definition) is 1. The van der Waals surface area contributed by atoms with Crippen molar-refractivity contribution in [3.63, 3.8) is 0 Å². The van der Waals surface area contributed by atoms with Gasteiger partial charge in [-0.3, -0.25) is 0 Å². The molecule has 0 spiro atoms. The predicted molar refractivity (Wildman–Crippen MR) is 46.9 cm³/mol. The van der Waals surface area contributed by atoms with Gasteiger partial charge in [-0.15, -0.1) is 0 Å². The Hall–Kier alpha value is -1.44. The van der Waals surface area contributed by atoms with Crippen molar-refractivity contribution in [2.45, 2.75) is 0 Å². The first-order valence-electron chi connectivity index (χ1n) is 3.38. The van der Waals surface area contributed by atoms with Crippen molar-refractivity contribution in [2.24, 2.45) is 0 Å². The molecule has 0 saturated heterocycles. The van der Waals surface area contributed by atoms with Gasteiger partial charge in [-0.05, 0) is 12.1 Å². The molecule has 0 amide bonds. The average Bonchev–Trinajstić information content (AvgIpc) is 2.03. The molecular formula is C9H11NO. The van der Waals surface area contributed by atoms with Crippen LogP contribution in [0.2, 0.25) is 0 Å². The number of nitrogen functional groups attached to an aromatic ring is 1. The molecule has 1 rings (SSSR count). The molecule has 2 heteroatoms. The molecule has 0 aliphatic heterocycles. The van der Waals surface area contributed by atoms with Crippen LogP contribution in [0.15, 0.2) is 30.5 Å². The maximum atomic E-state index is 5.65. The molecule has 0 aromatic heterocycles. The van der Waals surface area contributed by atoms with Crippen molar-refractivity contribution in [1.29, 1.82) is 0 Å². The minimum absolute atomic E-state index is 0.765. The molecule has 0 heterocycles. The summed E-state index contributed by atoms with van der Waals surface area (Å²) in [5.74, 6) is 0. The van der Waals surface area contributed by atoms with E-state index in [1.54, 1.807) is 13.4 Å². The van der Waals surface area contributed by atoms with Crippen LogP contribution in [0.4, 0.5) is 5.69 Å². The van der Waals surface area contributed by atoms with Gasteiger partial charge in [-0.25, -0.2) is 0 Å². The lowest BCUT2D eigenvalue weighted by Gasteiger charge is -1.97. The van der Waals surface area contributed by atoms with E-state index >= 15 is 0 Å². The molecule has 58 valence electrons. The summed E-state index contributed by atoms with van der Waals surface area (Å²) in [5.41, 5.74) is 7.40. The molecule has 0 saturated carbocycles. The molecule has 1 aromatic rings. The molecule has 2 nitrogen and oxygen atoms in total. The molecule has 0 bridgehead atoms. The fourth-order valence-electron chi connectivity index (χ4n) is 0.804. The van der Waals surface area contributed by atoms with E-state index in [4.69, 9.17) is 10.5 Å². The van der Waals surface area contributed by atoms with Crippen LogP contribution >= 0.6 is 0 Å². The van der Waals surface area contributed by atoms with Gasteiger partial charge in [-0.1, -0.05) is 18.2 Å². The summed E-state index contributed by atoms with van der Waals surface area (Å²) >= 11 is 0. The van der Waals surface area contributed by atoms with E-state index in [9.17, 15) is 0 Å². The van der Waals surface area contributed by atoms with E-state index in [1.165, 1.54) is 0 Å². The smallest absolute Gasteiger partial charge is 0.0831 e. The van der Waals surface area contributed by atoms with Crippen molar-refractivity contribution < 1.29 is 4.74 Å². The number of rotatable bonds is 2. The van der Waals surface area contributed by atoms with Crippen molar-refractivity contribution in [1.82, 2.24) is 0 Å². The second kappa shape index (κ2) is 3.66. The van der Waals surface area contributed by atoms with Crippen molar-refractivity contribution in [3.05, 3.63) is 36.1 Å². The van der Waals surface area contributed by atoms with Gasteiger partial charge in [0.1, 0.15) is 0 Å². The van der Waals surface area contributed by atoms with Gasteiger partial charge in [0.2, 0.25) is 0 Å². The third kappa shape index (κ3) is 2.00. The maximum Gasteiger partial charge on any atom is 0.0831 e. The standard InChI is InChI=1S/C9H11NO/c1-11-7-6-8-4-2-3-5-9(8)10/h2-7H,10H2,1H3/b7-6+. The van der Waals surface area contributed by atoms with E-state index in [-0.39, 0.29) is 0 Å². The first-order chi connectivity index (χ1) is 5.34. The van der Waals surface area contributed by atoms with Crippen LogP contribution in [0.25, 0.3) is 6.08 Å². The van der Waals surface area contributed by atoms with Crippen LogP contribution < -0.4 is 5.73 Å². The van der Waals surface area contributed by atoms with Crippen molar-refractivity contribution in [2.75, 3.05) is 12.8 Å². The van der Waals surface area contributed by atoms with Crippen LogP contribution in [0, 0.1) is 0 Å². The van der Waals surface area contributed by atoms with Gasteiger partial charge < -0.3 is 10.5 Å². The molecule has 0 aliphatic rings. The van der Waals surface area contributed by atoms with Gasteiger partial charge >= 0.3 is 0 Å². The summed E-state index contributed by atoms with van der Waals surface area (Å²) in [7, 11) is 1.61. The quantitative estimate of drug-likeness (QED) is 0.514. The average molecular weight is 149 g/mol. The third-order valence-electron chi connectivity index (χ3n) is 1.38. The minimum Gasteiger partial charge on any atom is -0.504 e. The van der Waals surface area contributed by atoms with Crippen LogP contribution in [0.3, 0.4) is 0 Å². The molecule has 0 aliphatic carbocycles. The zero-order chi connectivity index (χ0) is 8.10. The fraction of sp³-hybridized carbons (Fsp3) is 0.111. The highest BCUT2D eigenvalue weighted by Gasteiger charge is 1.89. The number of nitrogens with two attached hydrogens (primary N) is 1. The molecule has 0 atom stereocenters. The fourth-order valence-corrected chi connectivity index (χ4v) is 0.804. The van der Waals surface area contributed by atoms with Crippen LogP contribution in [-0.4, -0.2) is 7.11 Å². The predicted octanol–water partition coefficient (Wildman–Crippen LogP) is 1.89. The number of benzene rings is 1. The first-order valence-corrected chi connectivity index (χ1v) is 3.38. The summed E-state index contributed by atoms with van der Waals surface area (Å²) in [6, 6.07) is 7.63. The number of para-hydroxylation sites is 1. The molecule has 2 N–H and O–H groups in total. The lowest BCUT2D eigenvalue weighted by molar-refractivity contribution is 0.341. The van der Waals surface area contributed by atoms with Gasteiger partial charge in [0.05, 0.1) is 13.4 Å². The SMILES string of the molecule is CO/C=C/c1ccccc1N. The highest BCUT2D eigenvalue weighted by Crippen LogP contribution is 2.11. The summed E-state index contributed by atoms with van der Waals surface area (Å²) in [5, 5.41) is 0. The number of ether oxygens (including phenoxy) is 1. The molecule has 0 unspecified atom stereocenters. The molecular weight excluding hydrogens is 138 g/mol. The summed E-state index contributed by atoms with van der Waals surface area (Å²) in [6.45, 7) is 0. The molecule has 0 fully saturated rings. The molecule has 0 radical (unpaired) electrons. The van der Waals surface area contributed by atoms with Crippen molar-refractivity contribution >= 4 is 11.8 Å². The maximum absolute atomic E-state index is 5.65. The first kappa shape index (κ1) is 7.66. The Morgan fingerprint density at radius 3 is 2.73 bits per heavy atom. The number of hydrogen-bond acceptors (Lipinski definition) is 2. The number of methoxy groups -OCH3 is 1. The Morgan fingerprint density at radius 2 is 2.09 bits per heavy atom. The zero-order valence-corrected chi connectivity index (χ0v) is 6.45. The van der Waals surface area contributed by atoms with Crippen LogP contribution in [-0.2, 0) is 4.74 Å². The Balaban J connectivity index is 2.86. The van der Waals surface area contributed by atoms with E-state index in [1.807, 2.05) is 30.3 Å². The summed E-state index contributed by atoms with van der Waals surface area (Å²) in [4.78, 5) is 0. The topological polar surface area (TPSA) is 35.2 Å². The monoisotopic (exact) mass is 149 g/mol. The second-order valence-corrected chi connectivity index (χ2v) is 2.17. The van der Waals surface area contributed by atoms with Gasteiger partial charge in [-0.2, -0.15) is 0 Å². The normalized spacial score (nSPS) is 10.3. The van der Waals surface area contributed by atoms with E-state index in [2.05, 4.69) is 0 Å². The van der Waals surface area contributed by atoms with Crippen LogP contribution in [0.1, 0.15) is 5.56 Å². The Kier molecular flexibility index (Phi) is 2.55. The van der Waals surface area contributed by atoms with E-state index in [0.717, 1.165) is 11.3 Å². The van der Waals surface area contributed by atoms with Gasteiger partial charge in [0.15, 0.2) is 0 Å². The Bertz CT molecular complexity index is 255. The van der Waals surface area contributed by atoms with Crippen LogP contribution in [0.5, 0.6) is 0 Å². The second-order valence-electron chi connectivity index (χ2n) is 2.17. The molecule has 11 heavy (non-hydrogen) atoms. The minimum atomic E-state index is 0.765. The Labute approximate surface area is 66.3 Å². The lowest BCUT2D eigenvalue weighted by Crippen LogP contribution is -1.87. The largest absolute Gasteiger partial charge is 0.504 e. The van der Waals surface area contributed by atoms with Gasteiger partial charge in [0.25, 0.3) is 0 Å². The van der Waals surface area contributed by atoms with E-state index in [0.29, 0.717) is 0 Å². The highest BCUT2D eigenvalue weighted by molar-refractivity contribution is 5.63. The molecule has 1 aromatic carbocycles. The zero-order valence-electron chi connectivity index (χ0n) is 6.45. The lowest BCUT2D eigenvalue weighted by atomic mass is 10.2. The third-order valence-corrected chi connectivity index (χ3v) is 1.38. The van der Waals surface area contributed by atoms with Gasteiger partial charge in [0, 0.05) is 11.3 Å². The highest BCUT2D eigenvalue weighted by atomic mass is 16.5. The van der Waals surface area contributed by atoms with Crippen molar-refractivity contribution in [3.8, 4) is 0 Å².